The zero-order valence-corrected chi connectivity index (χ0v) is 10.9. The molecule has 1 unspecified atom stereocenters. The molecule has 1 rings (SSSR count). The average molecular weight is 253 g/mol. The van der Waals surface area contributed by atoms with Gasteiger partial charge in [-0.15, -0.1) is 0 Å². The highest BCUT2D eigenvalue weighted by Crippen LogP contribution is 2.38. The van der Waals surface area contributed by atoms with E-state index in [1.54, 1.807) is 12.1 Å². The Bertz CT molecular complexity index is 431. The summed E-state index contributed by atoms with van der Waals surface area (Å²) in [6.45, 7) is 1.94. The molecular formula is C13H19NO4. The van der Waals surface area contributed by atoms with Crippen molar-refractivity contribution in [1.82, 2.24) is 0 Å². The molecule has 5 heteroatoms. The number of nitrogen functional groups attached to an aromatic ring is 1. The fourth-order valence-electron chi connectivity index (χ4n) is 1.96. The van der Waals surface area contributed by atoms with Gasteiger partial charge in [0.1, 0.15) is 0 Å². The predicted molar refractivity (Wildman–Crippen MR) is 69.2 cm³/mol. The number of ether oxygens (including phenoxy) is 2. The number of anilines is 1. The molecule has 0 spiro atoms. The normalized spacial score (nSPS) is 11.9. The molecule has 5 nitrogen and oxygen atoms in total. The average Bonchev–Trinajstić information content (AvgIpc) is 2.34. The maximum atomic E-state index is 10.8. The lowest BCUT2D eigenvalue weighted by molar-refractivity contribution is -0.137. The molecule has 0 fully saturated rings. The van der Waals surface area contributed by atoms with Crippen LogP contribution in [0.2, 0.25) is 0 Å². The second-order valence-corrected chi connectivity index (χ2v) is 4.05. The third kappa shape index (κ3) is 3.06. The number of carboxylic acids is 1. The molecule has 0 radical (unpaired) electrons. The Kier molecular flexibility index (Phi) is 4.83. The van der Waals surface area contributed by atoms with Gasteiger partial charge >= 0.3 is 5.97 Å². The summed E-state index contributed by atoms with van der Waals surface area (Å²) in [7, 11) is 3.04. The fourth-order valence-corrected chi connectivity index (χ4v) is 1.96. The van der Waals surface area contributed by atoms with Gasteiger partial charge in [-0.05, 0) is 30.0 Å². The Morgan fingerprint density at radius 2 is 2.06 bits per heavy atom. The molecule has 100 valence electrons. The largest absolute Gasteiger partial charge is 0.493 e. The minimum Gasteiger partial charge on any atom is -0.493 e. The van der Waals surface area contributed by atoms with E-state index in [2.05, 4.69) is 0 Å². The molecule has 0 saturated heterocycles. The number of carbonyl (C=O) groups is 1. The summed E-state index contributed by atoms with van der Waals surface area (Å²) in [4.78, 5) is 10.8. The molecule has 1 atom stereocenters. The van der Waals surface area contributed by atoms with E-state index in [4.69, 9.17) is 20.3 Å². The van der Waals surface area contributed by atoms with Crippen LogP contribution in [0.15, 0.2) is 12.1 Å². The van der Waals surface area contributed by atoms with Crippen LogP contribution in [0.25, 0.3) is 0 Å². The van der Waals surface area contributed by atoms with Crippen LogP contribution in [0.1, 0.15) is 31.2 Å². The summed E-state index contributed by atoms with van der Waals surface area (Å²) in [5.74, 6) is 0.0996. The van der Waals surface area contributed by atoms with Crippen molar-refractivity contribution < 1.29 is 19.4 Å². The van der Waals surface area contributed by atoms with Gasteiger partial charge in [0.05, 0.1) is 26.3 Å². The molecule has 0 aliphatic rings. The molecule has 3 N–H and O–H groups in total. The van der Waals surface area contributed by atoms with Crippen LogP contribution in [0.4, 0.5) is 5.69 Å². The summed E-state index contributed by atoms with van der Waals surface area (Å²) in [5, 5.41) is 8.89. The smallest absolute Gasteiger partial charge is 0.303 e. The first-order valence-electron chi connectivity index (χ1n) is 5.76. The quantitative estimate of drug-likeness (QED) is 0.760. The number of hydrogen-bond acceptors (Lipinski definition) is 4. The third-order valence-corrected chi connectivity index (χ3v) is 2.92. The van der Waals surface area contributed by atoms with Crippen molar-refractivity contribution in [2.45, 2.75) is 25.7 Å². The fraction of sp³-hybridized carbons (Fsp3) is 0.462. The van der Waals surface area contributed by atoms with Crippen molar-refractivity contribution in [2.75, 3.05) is 20.0 Å². The van der Waals surface area contributed by atoms with Crippen molar-refractivity contribution >= 4 is 11.7 Å². The number of rotatable bonds is 6. The van der Waals surface area contributed by atoms with Gasteiger partial charge in [-0.25, -0.2) is 0 Å². The Morgan fingerprint density at radius 1 is 1.39 bits per heavy atom. The molecule has 0 aliphatic carbocycles. The van der Waals surface area contributed by atoms with Crippen molar-refractivity contribution in [1.29, 1.82) is 0 Å². The number of aliphatic carboxylic acids is 1. The lowest BCUT2D eigenvalue weighted by Crippen LogP contribution is -2.07. The molecule has 18 heavy (non-hydrogen) atoms. The van der Waals surface area contributed by atoms with E-state index in [9.17, 15) is 4.79 Å². The van der Waals surface area contributed by atoms with Crippen LogP contribution in [-0.4, -0.2) is 25.3 Å². The summed E-state index contributed by atoms with van der Waals surface area (Å²) < 4.78 is 10.4. The standard InChI is InChI=1S/C13H19NO4/c1-4-8(7-12(15)16)9-5-10(14)13(18-3)11(6-9)17-2/h5-6,8H,4,7,14H2,1-3H3,(H,15,16). The van der Waals surface area contributed by atoms with Gasteiger partial charge in [-0.2, -0.15) is 0 Å². The van der Waals surface area contributed by atoms with Gasteiger partial charge in [-0.3, -0.25) is 4.79 Å². The van der Waals surface area contributed by atoms with E-state index in [0.29, 0.717) is 17.2 Å². The third-order valence-electron chi connectivity index (χ3n) is 2.92. The highest BCUT2D eigenvalue weighted by Gasteiger charge is 2.18. The summed E-state index contributed by atoms with van der Waals surface area (Å²) in [6.07, 6.45) is 0.798. The molecule has 0 aromatic heterocycles. The highest BCUT2D eigenvalue weighted by molar-refractivity contribution is 5.69. The van der Waals surface area contributed by atoms with Crippen molar-refractivity contribution in [3.63, 3.8) is 0 Å². The molecule has 0 bridgehead atoms. The van der Waals surface area contributed by atoms with E-state index < -0.39 is 5.97 Å². The van der Waals surface area contributed by atoms with Crippen molar-refractivity contribution in [2.24, 2.45) is 0 Å². The number of carboxylic acid groups (broad SMARTS) is 1. The zero-order chi connectivity index (χ0) is 13.7. The first-order chi connectivity index (χ1) is 8.53. The van der Waals surface area contributed by atoms with Gasteiger partial charge in [0.15, 0.2) is 11.5 Å². The monoisotopic (exact) mass is 253 g/mol. The number of benzene rings is 1. The lowest BCUT2D eigenvalue weighted by atomic mass is 9.92. The maximum absolute atomic E-state index is 10.8. The van der Waals surface area contributed by atoms with Crippen molar-refractivity contribution in [3.05, 3.63) is 17.7 Å². The number of methoxy groups -OCH3 is 2. The second-order valence-electron chi connectivity index (χ2n) is 4.05. The molecule has 0 heterocycles. The van der Waals surface area contributed by atoms with E-state index in [1.807, 2.05) is 6.92 Å². The molecule has 0 aliphatic heterocycles. The van der Waals surface area contributed by atoms with Crippen LogP contribution < -0.4 is 15.2 Å². The predicted octanol–water partition coefficient (Wildman–Crippen LogP) is 2.25. The van der Waals surface area contributed by atoms with Crippen molar-refractivity contribution in [3.8, 4) is 11.5 Å². The SMILES string of the molecule is CCC(CC(=O)O)c1cc(N)c(OC)c(OC)c1. The van der Waals surface area contributed by atoms with Gasteiger partial charge in [0, 0.05) is 0 Å². The zero-order valence-electron chi connectivity index (χ0n) is 10.9. The van der Waals surface area contributed by atoms with E-state index in [-0.39, 0.29) is 12.3 Å². The summed E-state index contributed by atoms with van der Waals surface area (Å²) in [5.41, 5.74) is 7.19. The Labute approximate surface area is 107 Å². The van der Waals surface area contributed by atoms with E-state index >= 15 is 0 Å². The summed E-state index contributed by atoms with van der Waals surface area (Å²) in [6, 6.07) is 3.53. The van der Waals surface area contributed by atoms with Gasteiger partial charge in [0.2, 0.25) is 0 Å². The van der Waals surface area contributed by atoms with E-state index in [0.717, 1.165) is 12.0 Å². The van der Waals surface area contributed by atoms with Gasteiger partial charge in [-0.1, -0.05) is 6.92 Å². The topological polar surface area (TPSA) is 81.8 Å². The Balaban J connectivity index is 3.16. The first-order valence-corrected chi connectivity index (χ1v) is 5.76. The van der Waals surface area contributed by atoms with Crippen LogP contribution in [-0.2, 0) is 4.79 Å². The highest BCUT2D eigenvalue weighted by atomic mass is 16.5. The van der Waals surface area contributed by atoms with Gasteiger partial charge in [0.25, 0.3) is 0 Å². The second kappa shape index (κ2) is 6.14. The lowest BCUT2D eigenvalue weighted by Gasteiger charge is -2.17. The maximum Gasteiger partial charge on any atom is 0.303 e. The van der Waals surface area contributed by atoms with Crippen LogP contribution >= 0.6 is 0 Å². The minimum atomic E-state index is -0.824. The number of nitrogens with two attached hydrogens (primary N) is 1. The molecule has 1 aromatic carbocycles. The molecule has 1 aromatic rings. The first kappa shape index (κ1) is 14.2. The number of hydrogen-bond donors (Lipinski definition) is 2. The van der Waals surface area contributed by atoms with E-state index in [1.165, 1.54) is 14.2 Å². The van der Waals surface area contributed by atoms with Crippen LogP contribution in [0.5, 0.6) is 11.5 Å². The minimum absolute atomic E-state index is 0.0748. The Hall–Kier alpha value is -1.91. The molecule has 0 amide bonds. The van der Waals surface area contributed by atoms with Crippen LogP contribution in [0, 0.1) is 0 Å². The Morgan fingerprint density at radius 3 is 2.50 bits per heavy atom. The van der Waals surface area contributed by atoms with Gasteiger partial charge < -0.3 is 20.3 Å². The summed E-state index contributed by atoms with van der Waals surface area (Å²) >= 11 is 0. The molecular weight excluding hydrogens is 234 g/mol. The van der Waals surface area contributed by atoms with Crippen LogP contribution in [0.3, 0.4) is 0 Å². The molecule has 0 saturated carbocycles.